The van der Waals surface area contributed by atoms with Gasteiger partial charge in [0.2, 0.25) is 0 Å². The Hall–Kier alpha value is -0.0400. The molecule has 0 aliphatic rings. The van der Waals surface area contributed by atoms with E-state index in [0.29, 0.717) is 0 Å². The summed E-state index contributed by atoms with van der Waals surface area (Å²) in [5.41, 5.74) is 0.481. The van der Waals surface area contributed by atoms with Crippen molar-refractivity contribution < 1.29 is 5.11 Å². The van der Waals surface area contributed by atoms with Crippen molar-refractivity contribution in [3.63, 3.8) is 0 Å². The molecule has 0 saturated carbocycles. The van der Waals surface area contributed by atoms with Gasteiger partial charge in [-0.2, -0.15) is 0 Å². The first-order chi connectivity index (χ1) is 5.10. The van der Waals surface area contributed by atoms with E-state index < -0.39 is 0 Å². The molecule has 0 aromatic carbocycles. The monoisotopic (exact) mass is 172 g/mol. The van der Waals surface area contributed by atoms with E-state index in [1.807, 2.05) is 0 Å². The van der Waals surface area contributed by atoms with Crippen LogP contribution in [0, 0.1) is 10.8 Å². The van der Waals surface area contributed by atoms with Crippen molar-refractivity contribution in [2.45, 2.75) is 60.5 Å². The minimum atomic E-state index is -0.148. The third kappa shape index (κ3) is 8.06. The summed E-state index contributed by atoms with van der Waals surface area (Å²) < 4.78 is 0. The van der Waals surface area contributed by atoms with E-state index in [9.17, 15) is 5.11 Å². The molecule has 0 fully saturated rings. The van der Waals surface area contributed by atoms with Crippen molar-refractivity contribution in [1.29, 1.82) is 0 Å². The highest BCUT2D eigenvalue weighted by molar-refractivity contribution is 4.73. The van der Waals surface area contributed by atoms with E-state index in [1.165, 1.54) is 0 Å². The molecule has 0 saturated heterocycles. The Morgan fingerprint density at radius 1 is 0.833 bits per heavy atom. The van der Waals surface area contributed by atoms with E-state index in [0.717, 1.165) is 12.8 Å². The molecule has 0 heterocycles. The van der Waals surface area contributed by atoms with Gasteiger partial charge in [-0.3, -0.25) is 0 Å². The molecule has 0 rings (SSSR count). The van der Waals surface area contributed by atoms with E-state index in [-0.39, 0.29) is 16.9 Å². The Labute approximate surface area is 77.2 Å². The second-order valence-corrected chi connectivity index (χ2v) is 6.18. The van der Waals surface area contributed by atoms with Gasteiger partial charge >= 0.3 is 0 Å². The van der Waals surface area contributed by atoms with Gasteiger partial charge in [0.15, 0.2) is 0 Å². The fraction of sp³-hybridized carbons (Fsp3) is 1.00. The summed E-state index contributed by atoms with van der Waals surface area (Å²) in [7, 11) is 0. The normalized spacial score (nSPS) is 14.0. The van der Waals surface area contributed by atoms with Crippen LogP contribution in [0.5, 0.6) is 0 Å². The Bertz CT molecular complexity index is 109. The second-order valence-electron chi connectivity index (χ2n) is 6.18. The summed E-state index contributed by atoms with van der Waals surface area (Å²) in [5, 5.41) is 9.72. The van der Waals surface area contributed by atoms with Crippen molar-refractivity contribution in [3.05, 3.63) is 0 Å². The molecule has 0 radical (unpaired) electrons. The van der Waals surface area contributed by atoms with Crippen LogP contribution in [0.2, 0.25) is 0 Å². The first-order valence-corrected chi connectivity index (χ1v) is 4.78. The van der Waals surface area contributed by atoms with Crippen LogP contribution in [0.1, 0.15) is 54.4 Å². The van der Waals surface area contributed by atoms with Crippen LogP contribution in [0.25, 0.3) is 0 Å². The standard InChI is InChI=1S/C11H24O/c1-10(2,3)7-9(12)8-11(4,5)6/h9,12H,7-8H2,1-6H3. The van der Waals surface area contributed by atoms with Crippen LogP contribution in [0.4, 0.5) is 0 Å². The van der Waals surface area contributed by atoms with Crippen molar-refractivity contribution in [1.82, 2.24) is 0 Å². The van der Waals surface area contributed by atoms with Gasteiger partial charge in [0, 0.05) is 0 Å². The molecule has 1 heteroatoms. The van der Waals surface area contributed by atoms with Crippen molar-refractivity contribution in [2.75, 3.05) is 0 Å². The zero-order valence-corrected chi connectivity index (χ0v) is 9.44. The topological polar surface area (TPSA) is 20.2 Å². The van der Waals surface area contributed by atoms with E-state index in [2.05, 4.69) is 41.5 Å². The lowest BCUT2D eigenvalue weighted by Gasteiger charge is -2.27. The maximum Gasteiger partial charge on any atom is 0.0550 e. The fourth-order valence-corrected chi connectivity index (χ4v) is 1.49. The average molecular weight is 172 g/mol. The molecule has 0 atom stereocenters. The number of hydrogen-bond acceptors (Lipinski definition) is 1. The fourth-order valence-electron chi connectivity index (χ4n) is 1.49. The smallest absolute Gasteiger partial charge is 0.0550 e. The van der Waals surface area contributed by atoms with Crippen LogP contribution >= 0.6 is 0 Å². The van der Waals surface area contributed by atoms with Gasteiger partial charge in [-0.25, -0.2) is 0 Å². The predicted octanol–water partition coefficient (Wildman–Crippen LogP) is 3.22. The summed E-state index contributed by atoms with van der Waals surface area (Å²) in [4.78, 5) is 0. The highest BCUT2D eigenvalue weighted by Gasteiger charge is 2.21. The van der Waals surface area contributed by atoms with Crippen LogP contribution in [0.15, 0.2) is 0 Å². The summed E-state index contributed by atoms with van der Waals surface area (Å²) in [6, 6.07) is 0. The molecule has 0 spiro atoms. The predicted molar refractivity (Wildman–Crippen MR) is 54.2 cm³/mol. The number of hydrogen-bond donors (Lipinski definition) is 1. The summed E-state index contributed by atoms with van der Waals surface area (Å²) in [6.45, 7) is 13.0. The van der Waals surface area contributed by atoms with Gasteiger partial charge in [-0.1, -0.05) is 41.5 Å². The molecule has 0 amide bonds. The lowest BCUT2D eigenvalue weighted by molar-refractivity contribution is 0.0807. The quantitative estimate of drug-likeness (QED) is 0.678. The molecular formula is C11H24O. The van der Waals surface area contributed by atoms with Crippen LogP contribution in [0.3, 0.4) is 0 Å². The van der Waals surface area contributed by atoms with Gasteiger partial charge in [-0.05, 0) is 23.7 Å². The molecule has 0 aromatic heterocycles. The summed E-state index contributed by atoms with van der Waals surface area (Å²) in [6.07, 6.45) is 1.64. The maximum atomic E-state index is 9.72. The van der Waals surface area contributed by atoms with Crippen molar-refractivity contribution in [2.24, 2.45) is 10.8 Å². The van der Waals surface area contributed by atoms with Crippen LogP contribution in [-0.2, 0) is 0 Å². The van der Waals surface area contributed by atoms with E-state index in [4.69, 9.17) is 0 Å². The third-order valence-electron chi connectivity index (χ3n) is 1.70. The minimum absolute atomic E-state index is 0.148. The lowest BCUT2D eigenvalue weighted by Crippen LogP contribution is -2.22. The Morgan fingerprint density at radius 3 is 1.25 bits per heavy atom. The number of rotatable bonds is 2. The van der Waals surface area contributed by atoms with Gasteiger partial charge in [-0.15, -0.1) is 0 Å². The molecule has 1 nitrogen and oxygen atoms in total. The first-order valence-electron chi connectivity index (χ1n) is 4.78. The van der Waals surface area contributed by atoms with Gasteiger partial charge in [0.25, 0.3) is 0 Å². The van der Waals surface area contributed by atoms with Crippen molar-refractivity contribution >= 4 is 0 Å². The van der Waals surface area contributed by atoms with Crippen LogP contribution in [-0.4, -0.2) is 11.2 Å². The minimum Gasteiger partial charge on any atom is -0.393 e. The Balaban J connectivity index is 3.83. The average Bonchev–Trinajstić information content (AvgIpc) is 1.49. The number of aliphatic hydroxyl groups excluding tert-OH is 1. The molecule has 12 heavy (non-hydrogen) atoms. The molecular weight excluding hydrogens is 148 g/mol. The van der Waals surface area contributed by atoms with Crippen molar-refractivity contribution in [3.8, 4) is 0 Å². The SMILES string of the molecule is CC(C)(C)CC(O)CC(C)(C)C. The zero-order valence-electron chi connectivity index (χ0n) is 9.44. The second kappa shape index (κ2) is 3.78. The highest BCUT2D eigenvalue weighted by atomic mass is 16.3. The number of aliphatic hydroxyl groups is 1. The van der Waals surface area contributed by atoms with Gasteiger partial charge < -0.3 is 5.11 Å². The Kier molecular flexibility index (Phi) is 3.77. The molecule has 0 aromatic rings. The summed E-state index contributed by atoms with van der Waals surface area (Å²) >= 11 is 0. The van der Waals surface area contributed by atoms with E-state index in [1.54, 1.807) is 0 Å². The molecule has 0 bridgehead atoms. The lowest BCUT2D eigenvalue weighted by atomic mass is 9.82. The van der Waals surface area contributed by atoms with Gasteiger partial charge in [0.05, 0.1) is 6.10 Å². The molecule has 0 aliphatic heterocycles. The summed E-state index contributed by atoms with van der Waals surface area (Å²) in [5.74, 6) is 0. The third-order valence-corrected chi connectivity index (χ3v) is 1.70. The zero-order chi connectivity index (χ0) is 9.99. The highest BCUT2D eigenvalue weighted by Crippen LogP contribution is 2.28. The van der Waals surface area contributed by atoms with Crippen LogP contribution < -0.4 is 0 Å². The maximum absolute atomic E-state index is 9.72. The molecule has 0 unspecified atom stereocenters. The largest absolute Gasteiger partial charge is 0.393 e. The molecule has 74 valence electrons. The first kappa shape index (κ1) is 12.0. The van der Waals surface area contributed by atoms with E-state index >= 15 is 0 Å². The molecule has 1 N–H and O–H groups in total. The molecule has 0 aliphatic carbocycles. The Morgan fingerprint density at radius 2 is 1.08 bits per heavy atom. The van der Waals surface area contributed by atoms with Gasteiger partial charge in [0.1, 0.15) is 0 Å².